The van der Waals surface area contributed by atoms with E-state index in [2.05, 4.69) is 15.3 Å². The van der Waals surface area contributed by atoms with Crippen LogP contribution in [-0.4, -0.2) is 14.9 Å². The van der Waals surface area contributed by atoms with E-state index in [0.29, 0.717) is 0 Å². The molecule has 3 aromatic rings. The monoisotopic (exact) mass is 312 g/mol. The molecular formula is C15H12N4O2S. The van der Waals surface area contributed by atoms with Gasteiger partial charge >= 0.3 is 0 Å². The molecule has 3 rings (SSSR count). The highest BCUT2D eigenvalue weighted by atomic mass is 32.1. The van der Waals surface area contributed by atoms with E-state index >= 15 is 0 Å². The van der Waals surface area contributed by atoms with Gasteiger partial charge in [-0.25, -0.2) is 9.97 Å². The number of anilines is 2. The Hall–Kier alpha value is -2.80. The highest BCUT2D eigenvalue weighted by molar-refractivity contribution is 7.14. The maximum atomic E-state index is 10.7. The third kappa shape index (κ3) is 3.09. The summed E-state index contributed by atoms with van der Waals surface area (Å²) in [6.07, 6.45) is 0. The number of thiazole rings is 1. The SMILES string of the molecule is Cc1cccc(Nc2nc(-c3ccc([N+](=O)[O-])cc3)cs2)n1. The quantitative estimate of drug-likeness (QED) is 0.577. The largest absolute Gasteiger partial charge is 0.316 e. The molecule has 0 fully saturated rings. The first-order valence-corrected chi connectivity index (χ1v) is 7.41. The fourth-order valence-electron chi connectivity index (χ4n) is 1.94. The summed E-state index contributed by atoms with van der Waals surface area (Å²) in [4.78, 5) is 19.1. The minimum Gasteiger partial charge on any atom is -0.316 e. The number of aromatic nitrogens is 2. The number of nitrogens with one attached hydrogen (secondary N) is 1. The summed E-state index contributed by atoms with van der Waals surface area (Å²) < 4.78 is 0. The zero-order valence-corrected chi connectivity index (χ0v) is 12.5. The van der Waals surface area contributed by atoms with Crippen LogP contribution in [0, 0.1) is 17.0 Å². The maximum absolute atomic E-state index is 10.7. The average molecular weight is 312 g/mol. The molecule has 2 heterocycles. The first-order chi connectivity index (χ1) is 10.6. The number of nitro groups is 1. The average Bonchev–Trinajstić information content (AvgIpc) is 2.96. The molecule has 22 heavy (non-hydrogen) atoms. The van der Waals surface area contributed by atoms with Crippen LogP contribution < -0.4 is 5.32 Å². The lowest BCUT2D eigenvalue weighted by Gasteiger charge is -2.01. The van der Waals surface area contributed by atoms with Crippen LogP contribution in [0.15, 0.2) is 47.8 Å². The van der Waals surface area contributed by atoms with Crippen LogP contribution in [0.5, 0.6) is 0 Å². The Kier molecular flexibility index (Phi) is 3.80. The van der Waals surface area contributed by atoms with Gasteiger partial charge in [0.25, 0.3) is 5.69 Å². The molecule has 0 saturated carbocycles. The lowest BCUT2D eigenvalue weighted by molar-refractivity contribution is -0.384. The lowest BCUT2D eigenvalue weighted by Crippen LogP contribution is -1.93. The van der Waals surface area contributed by atoms with Gasteiger partial charge in [-0.05, 0) is 31.2 Å². The second-order valence-corrected chi connectivity index (χ2v) is 5.49. The van der Waals surface area contributed by atoms with Gasteiger partial charge in [0.1, 0.15) is 5.82 Å². The summed E-state index contributed by atoms with van der Waals surface area (Å²) in [7, 11) is 0. The van der Waals surface area contributed by atoms with E-state index < -0.39 is 4.92 Å². The predicted molar refractivity (Wildman–Crippen MR) is 86.5 cm³/mol. The summed E-state index contributed by atoms with van der Waals surface area (Å²) in [5.74, 6) is 0.740. The zero-order valence-electron chi connectivity index (χ0n) is 11.7. The van der Waals surface area contributed by atoms with Gasteiger partial charge < -0.3 is 5.32 Å². The molecule has 1 aromatic carbocycles. The van der Waals surface area contributed by atoms with E-state index in [1.165, 1.54) is 23.5 Å². The summed E-state index contributed by atoms with van der Waals surface area (Å²) in [5, 5.41) is 16.4. The van der Waals surface area contributed by atoms with Crippen molar-refractivity contribution in [1.82, 2.24) is 9.97 Å². The summed E-state index contributed by atoms with van der Waals surface area (Å²) in [5.41, 5.74) is 2.61. The van der Waals surface area contributed by atoms with Crippen molar-refractivity contribution in [2.45, 2.75) is 6.92 Å². The van der Waals surface area contributed by atoms with Gasteiger partial charge in [-0.15, -0.1) is 11.3 Å². The van der Waals surface area contributed by atoms with Crippen molar-refractivity contribution >= 4 is 28.0 Å². The number of hydrogen-bond donors (Lipinski definition) is 1. The molecule has 0 aliphatic rings. The Bertz CT molecular complexity index is 814. The number of hydrogen-bond acceptors (Lipinski definition) is 6. The van der Waals surface area contributed by atoms with Crippen LogP contribution in [0.2, 0.25) is 0 Å². The van der Waals surface area contributed by atoms with E-state index in [-0.39, 0.29) is 5.69 Å². The number of rotatable bonds is 4. The Morgan fingerprint density at radius 2 is 1.91 bits per heavy atom. The highest BCUT2D eigenvalue weighted by Gasteiger charge is 2.08. The normalized spacial score (nSPS) is 10.4. The topological polar surface area (TPSA) is 81.0 Å². The molecule has 1 N–H and O–H groups in total. The third-order valence-corrected chi connectivity index (χ3v) is 3.76. The van der Waals surface area contributed by atoms with Crippen molar-refractivity contribution in [3.8, 4) is 11.3 Å². The minimum absolute atomic E-state index is 0.0706. The summed E-state index contributed by atoms with van der Waals surface area (Å²) in [6, 6.07) is 12.1. The smallest absolute Gasteiger partial charge is 0.269 e. The van der Waals surface area contributed by atoms with Crippen LogP contribution in [0.4, 0.5) is 16.6 Å². The van der Waals surface area contributed by atoms with Crippen molar-refractivity contribution in [1.29, 1.82) is 0 Å². The summed E-state index contributed by atoms with van der Waals surface area (Å²) >= 11 is 1.46. The molecule has 2 aromatic heterocycles. The van der Waals surface area contributed by atoms with E-state index in [0.717, 1.165) is 27.9 Å². The highest BCUT2D eigenvalue weighted by Crippen LogP contribution is 2.27. The fourth-order valence-corrected chi connectivity index (χ4v) is 2.67. The van der Waals surface area contributed by atoms with Crippen LogP contribution >= 0.6 is 11.3 Å². The number of pyridine rings is 1. The number of benzene rings is 1. The van der Waals surface area contributed by atoms with Crippen LogP contribution in [0.3, 0.4) is 0 Å². The Morgan fingerprint density at radius 1 is 1.14 bits per heavy atom. The molecular weight excluding hydrogens is 300 g/mol. The Labute approximate surface area is 130 Å². The molecule has 0 amide bonds. The predicted octanol–water partition coefficient (Wildman–Crippen LogP) is 4.17. The molecule has 6 nitrogen and oxygen atoms in total. The van der Waals surface area contributed by atoms with Gasteiger partial charge in [0, 0.05) is 28.8 Å². The number of nitrogens with zero attached hydrogens (tertiary/aromatic N) is 3. The second-order valence-electron chi connectivity index (χ2n) is 4.63. The van der Waals surface area contributed by atoms with E-state index in [1.807, 2.05) is 30.5 Å². The van der Waals surface area contributed by atoms with Gasteiger partial charge in [-0.3, -0.25) is 10.1 Å². The van der Waals surface area contributed by atoms with Crippen molar-refractivity contribution in [2.75, 3.05) is 5.32 Å². The Morgan fingerprint density at radius 3 is 2.59 bits per heavy atom. The third-order valence-electron chi connectivity index (χ3n) is 3.00. The molecule has 0 aliphatic heterocycles. The second kappa shape index (κ2) is 5.90. The van der Waals surface area contributed by atoms with E-state index in [4.69, 9.17) is 0 Å². The van der Waals surface area contributed by atoms with Gasteiger partial charge in [-0.2, -0.15) is 0 Å². The molecule has 0 saturated heterocycles. The van der Waals surface area contributed by atoms with Crippen molar-refractivity contribution < 1.29 is 4.92 Å². The first kappa shape index (κ1) is 14.2. The molecule has 0 radical (unpaired) electrons. The number of nitro benzene ring substituents is 1. The number of non-ortho nitro benzene ring substituents is 1. The van der Waals surface area contributed by atoms with Crippen molar-refractivity contribution in [3.63, 3.8) is 0 Å². The molecule has 0 bridgehead atoms. The Balaban J connectivity index is 1.80. The molecule has 0 unspecified atom stereocenters. The van der Waals surface area contributed by atoms with Gasteiger partial charge in [0.2, 0.25) is 0 Å². The minimum atomic E-state index is -0.415. The van der Waals surface area contributed by atoms with Crippen molar-refractivity contribution in [2.24, 2.45) is 0 Å². The van der Waals surface area contributed by atoms with Gasteiger partial charge in [0.05, 0.1) is 10.6 Å². The number of aryl methyl sites for hydroxylation is 1. The maximum Gasteiger partial charge on any atom is 0.269 e. The molecule has 110 valence electrons. The molecule has 0 aliphatic carbocycles. The van der Waals surface area contributed by atoms with Gasteiger partial charge in [0.15, 0.2) is 5.13 Å². The molecule has 0 spiro atoms. The van der Waals surface area contributed by atoms with E-state index in [1.54, 1.807) is 12.1 Å². The van der Waals surface area contributed by atoms with Crippen molar-refractivity contribution in [3.05, 3.63) is 63.7 Å². The van der Waals surface area contributed by atoms with Crippen LogP contribution in [0.25, 0.3) is 11.3 Å². The lowest BCUT2D eigenvalue weighted by atomic mass is 10.1. The summed E-state index contributed by atoms with van der Waals surface area (Å²) in [6.45, 7) is 1.93. The van der Waals surface area contributed by atoms with E-state index in [9.17, 15) is 10.1 Å². The first-order valence-electron chi connectivity index (χ1n) is 6.53. The molecule has 0 atom stereocenters. The fraction of sp³-hybridized carbons (Fsp3) is 0.0667. The molecule has 7 heteroatoms. The van der Waals surface area contributed by atoms with Crippen LogP contribution in [-0.2, 0) is 0 Å². The van der Waals surface area contributed by atoms with Gasteiger partial charge in [-0.1, -0.05) is 6.07 Å². The zero-order chi connectivity index (χ0) is 15.5. The van der Waals surface area contributed by atoms with Crippen LogP contribution in [0.1, 0.15) is 5.69 Å². The standard InChI is InChI=1S/C15H12N4O2S/c1-10-3-2-4-14(16-10)18-15-17-13(9-22-15)11-5-7-12(8-6-11)19(20)21/h2-9H,1H3,(H,16,17,18).